The Bertz CT molecular complexity index is 309. The maximum Gasteiger partial charge on any atom is 0.230 e. The summed E-state index contributed by atoms with van der Waals surface area (Å²) in [5.74, 6) is 0.776. The first-order chi connectivity index (χ1) is 7.74. The zero-order valence-electron chi connectivity index (χ0n) is 11.7. The van der Waals surface area contributed by atoms with Gasteiger partial charge in [0.15, 0.2) is 0 Å². The summed E-state index contributed by atoms with van der Waals surface area (Å²) in [5.41, 5.74) is -0.169. The molecule has 1 heterocycles. The molecule has 1 N–H and O–H groups in total. The molecule has 1 fully saturated rings. The Morgan fingerprint density at radius 3 is 2.29 bits per heavy atom. The van der Waals surface area contributed by atoms with Crippen LogP contribution in [0.15, 0.2) is 0 Å². The fourth-order valence-electron chi connectivity index (χ4n) is 3.09. The van der Waals surface area contributed by atoms with Crippen LogP contribution in [0, 0.1) is 23.2 Å². The fourth-order valence-corrected chi connectivity index (χ4v) is 3.09. The van der Waals surface area contributed by atoms with Gasteiger partial charge in [-0.15, -0.1) is 0 Å². The van der Waals surface area contributed by atoms with Gasteiger partial charge in [-0.05, 0) is 30.1 Å². The molecule has 3 heteroatoms. The van der Waals surface area contributed by atoms with E-state index in [1.165, 1.54) is 0 Å². The molecular formula is C14H25NO2. The van der Waals surface area contributed by atoms with Crippen molar-refractivity contribution in [2.75, 3.05) is 0 Å². The second-order valence-corrected chi connectivity index (χ2v) is 6.52. The minimum Gasteiger partial charge on any atom is -0.296 e. The fraction of sp³-hybridized carbons (Fsp3) is 0.857. The quantitative estimate of drug-likeness (QED) is 0.767. The molecule has 2 amide bonds. The SMILES string of the molecule is CC(C)CC1C(=O)NC(=O)CC1(C)CC(C)C. The summed E-state index contributed by atoms with van der Waals surface area (Å²) >= 11 is 0. The first kappa shape index (κ1) is 14.2. The number of carbonyl (C=O) groups excluding carboxylic acids is 2. The standard InChI is InChI=1S/C14H25NO2/c1-9(2)6-11-13(17)15-12(16)8-14(11,5)7-10(3)4/h9-11H,6-8H2,1-5H3,(H,15,16,17). The van der Waals surface area contributed by atoms with Gasteiger partial charge in [-0.2, -0.15) is 0 Å². The van der Waals surface area contributed by atoms with Crippen LogP contribution in [-0.2, 0) is 9.59 Å². The zero-order valence-corrected chi connectivity index (χ0v) is 11.7. The van der Waals surface area contributed by atoms with E-state index in [4.69, 9.17) is 0 Å². The third kappa shape index (κ3) is 3.55. The highest BCUT2D eigenvalue weighted by Gasteiger charge is 2.45. The van der Waals surface area contributed by atoms with Gasteiger partial charge in [-0.1, -0.05) is 34.6 Å². The zero-order chi connectivity index (χ0) is 13.2. The maximum absolute atomic E-state index is 12.0. The molecule has 0 saturated carbocycles. The molecule has 0 aromatic heterocycles. The van der Waals surface area contributed by atoms with Crippen molar-refractivity contribution >= 4 is 11.8 Å². The van der Waals surface area contributed by atoms with Crippen molar-refractivity contribution in [3.05, 3.63) is 0 Å². The molecule has 0 bridgehead atoms. The maximum atomic E-state index is 12.0. The predicted octanol–water partition coefficient (Wildman–Crippen LogP) is 2.75. The van der Waals surface area contributed by atoms with Gasteiger partial charge in [0.1, 0.15) is 0 Å². The minimum absolute atomic E-state index is 0.0254. The summed E-state index contributed by atoms with van der Waals surface area (Å²) in [6, 6.07) is 0. The lowest BCUT2D eigenvalue weighted by molar-refractivity contribution is -0.144. The van der Waals surface area contributed by atoms with Crippen LogP contribution < -0.4 is 5.32 Å². The van der Waals surface area contributed by atoms with Crippen molar-refractivity contribution in [2.24, 2.45) is 23.2 Å². The number of hydrogen-bond donors (Lipinski definition) is 1. The first-order valence-electron chi connectivity index (χ1n) is 6.58. The molecule has 0 spiro atoms. The van der Waals surface area contributed by atoms with Crippen molar-refractivity contribution in [2.45, 2.75) is 53.9 Å². The average Bonchev–Trinajstić information content (AvgIpc) is 2.09. The van der Waals surface area contributed by atoms with Crippen LogP contribution >= 0.6 is 0 Å². The van der Waals surface area contributed by atoms with Gasteiger partial charge in [-0.3, -0.25) is 14.9 Å². The number of rotatable bonds is 4. The topological polar surface area (TPSA) is 46.2 Å². The highest BCUT2D eigenvalue weighted by atomic mass is 16.2. The molecule has 0 radical (unpaired) electrons. The Kier molecular flexibility index (Phi) is 4.34. The molecule has 1 aliphatic heterocycles. The molecule has 0 aromatic carbocycles. The van der Waals surface area contributed by atoms with Crippen molar-refractivity contribution in [1.82, 2.24) is 5.32 Å². The van der Waals surface area contributed by atoms with Gasteiger partial charge in [-0.25, -0.2) is 0 Å². The molecule has 2 atom stereocenters. The van der Waals surface area contributed by atoms with Crippen molar-refractivity contribution < 1.29 is 9.59 Å². The Balaban J connectivity index is 2.92. The normalized spacial score (nSPS) is 29.9. The molecule has 3 nitrogen and oxygen atoms in total. The van der Waals surface area contributed by atoms with Gasteiger partial charge >= 0.3 is 0 Å². The van der Waals surface area contributed by atoms with E-state index in [-0.39, 0.29) is 23.1 Å². The Labute approximate surface area is 104 Å². The highest BCUT2D eigenvalue weighted by molar-refractivity contribution is 5.99. The molecule has 2 unspecified atom stereocenters. The second kappa shape index (κ2) is 5.19. The highest BCUT2D eigenvalue weighted by Crippen LogP contribution is 2.43. The van der Waals surface area contributed by atoms with E-state index in [2.05, 4.69) is 39.9 Å². The number of amides is 2. The molecule has 17 heavy (non-hydrogen) atoms. The van der Waals surface area contributed by atoms with E-state index < -0.39 is 0 Å². The van der Waals surface area contributed by atoms with E-state index >= 15 is 0 Å². The monoisotopic (exact) mass is 239 g/mol. The lowest BCUT2D eigenvalue weighted by Gasteiger charge is -2.41. The summed E-state index contributed by atoms with van der Waals surface area (Å²) in [5, 5.41) is 2.49. The van der Waals surface area contributed by atoms with E-state index in [1.54, 1.807) is 0 Å². The Morgan fingerprint density at radius 1 is 1.24 bits per heavy atom. The predicted molar refractivity (Wildman–Crippen MR) is 68.3 cm³/mol. The van der Waals surface area contributed by atoms with Gasteiger partial charge in [0.2, 0.25) is 11.8 Å². The lowest BCUT2D eigenvalue weighted by atomic mass is 9.65. The third-order valence-electron chi connectivity index (χ3n) is 3.57. The summed E-state index contributed by atoms with van der Waals surface area (Å²) in [6.45, 7) is 10.6. The lowest BCUT2D eigenvalue weighted by Crippen LogP contribution is -2.51. The van der Waals surface area contributed by atoms with Crippen LogP contribution in [0.3, 0.4) is 0 Å². The molecule has 1 saturated heterocycles. The van der Waals surface area contributed by atoms with Crippen LogP contribution in [0.4, 0.5) is 0 Å². The minimum atomic E-state index is -0.169. The second-order valence-electron chi connectivity index (χ2n) is 6.52. The molecule has 1 aliphatic rings. The Hall–Kier alpha value is -0.860. The molecule has 98 valence electrons. The average molecular weight is 239 g/mol. The van der Waals surface area contributed by atoms with E-state index in [0.29, 0.717) is 18.3 Å². The number of imide groups is 1. The van der Waals surface area contributed by atoms with Crippen LogP contribution in [0.25, 0.3) is 0 Å². The van der Waals surface area contributed by atoms with E-state index in [1.807, 2.05) is 0 Å². The third-order valence-corrected chi connectivity index (χ3v) is 3.57. The largest absolute Gasteiger partial charge is 0.296 e. The molecule has 0 aromatic rings. The Morgan fingerprint density at radius 2 is 1.82 bits per heavy atom. The molecular weight excluding hydrogens is 214 g/mol. The van der Waals surface area contributed by atoms with Gasteiger partial charge in [0.25, 0.3) is 0 Å². The van der Waals surface area contributed by atoms with Gasteiger partial charge in [0, 0.05) is 12.3 Å². The number of piperidine rings is 1. The van der Waals surface area contributed by atoms with Crippen molar-refractivity contribution in [3.63, 3.8) is 0 Å². The van der Waals surface area contributed by atoms with Crippen LogP contribution in [0.5, 0.6) is 0 Å². The van der Waals surface area contributed by atoms with Gasteiger partial charge < -0.3 is 0 Å². The number of hydrogen-bond acceptors (Lipinski definition) is 2. The number of carbonyl (C=O) groups is 2. The van der Waals surface area contributed by atoms with Crippen LogP contribution in [0.1, 0.15) is 53.9 Å². The van der Waals surface area contributed by atoms with E-state index in [0.717, 1.165) is 12.8 Å². The summed E-state index contributed by atoms with van der Waals surface area (Å²) in [6.07, 6.45) is 2.28. The molecule has 0 aliphatic carbocycles. The van der Waals surface area contributed by atoms with E-state index in [9.17, 15) is 9.59 Å². The van der Waals surface area contributed by atoms with Crippen molar-refractivity contribution in [1.29, 1.82) is 0 Å². The van der Waals surface area contributed by atoms with Gasteiger partial charge in [0.05, 0.1) is 0 Å². The summed E-state index contributed by atoms with van der Waals surface area (Å²) in [7, 11) is 0. The smallest absolute Gasteiger partial charge is 0.230 e. The number of nitrogens with one attached hydrogen (secondary N) is 1. The summed E-state index contributed by atoms with van der Waals surface area (Å²) in [4.78, 5) is 23.6. The van der Waals surface area contributed by atoms with Crippen LogP contribution in [0.2, 0.25) is 0 Å². The molecule has 1 rings (SSSR count). The van der Waals surface area contributed by atoms with Crippen molar-refractivity contribution in [3.8, 4) is 0 Å². The first-order valence-corrected chi connectivity index (χ1v) is 6.58. The summed E-state index contributed by atoms with van der Waals surface area (Å²) < 4.78 is 0. The van der Waals surface area contributed by atoms with Crippen LogP contribution in [-0.4, -0.2) is 11.8 Å².